The van der Waals surface area contributed by atoms with Crippen LogP contribution in [0.2, 0.25) is 5.02 Å². The van der Waals surface area contributed by atoms with Gasteiger partial charge in [-0.15, -0.1) is 11.3 Å². The number of thiophene rings is 1. The number of benzene rings is 2. The molecule has 4 nitrogen and oxygen atoms in total. The number of ether oxygens (including phenoxy) is 2. The Morgan fingerprint density at radius 1 is 1.17 bits per heavy atom. The second-order valence-corrected chi connectivity index (χ2v) is 9.19. The molecule has 0 fully saturated rings. The van der Waals surface area contributed by atoms with E-state index in [2.05, 4.69) is 13.8 Å². The summed E-state index contributed by atoms with van der Waals surface area (Å²) in [5, 5.41) is 11.4. The van der Waals surface area contributed by atoms with Gasteiger partial charge >= 0.3 is 5.97 Å². The van der Waals surface area contributed by atoms with Crippen LogP contribution in [0.1, 0.15) is 42.7 Å². The van der Waals surface area contributed by atoms with Crippen LogP contribution in [0.15, 0.2) is 36.4 Å². The number of rotatable bonds is 7. The second kappa shape index (κ2) is 8.25. The minimum atomic E-state index is -1.04. The number of carbonyl (C=O) groups is 1. The molecule has 0 aliphatic heterocycles. The number of carboxylic acids is 1. The third-order valence-electron chi connectivity index (χ3n) is 5.37. The molecular weight excluding hydrogens is 408 g/mol. The molecular formula is C23H25ClO4S. The normalized spacial score (nSPS) is 13.5. The van der Waals surface area contributed by atoms with E-state index < -0.39 is 11.4 Å². The minimum absolute atomic E-state index is 0.365. The molecule has 6 heteroatoms. The maximum absolute atomic E-state index is 12.3. The maximum Gasteiger partial charge on any atom is 0.314 e. The number of aliphatic carboxylic acids is 1. The molecule has 0 aliphatic carbocycles. The summed E-state index contributed by atoms with van der Waals surface area (Å²) in [4.78, 5) is 13.2. The lowest BCUT2D eigenvalue weighted by molar-refractivity contribution is -0.143. The first-order chi connectivity index (χ1) is 13.7. The lowest BCUT2D eigenvalue weighted by Gasteiger charge is -2.25. The fraction of sp³-hybridized carbons (Fsp3) is 0.348. The van der Waals surface area contributed by atoms with Crippen LogP contribution in [0.3, 0.4) is 0 Å². The highest BCUT2D eigenvalue weighted by molar-refractivity contribution is 7.19. The molecule has 0 radical (unpaired) electrons. The van der Waals surface area contributed by atoms with E-state index in [1.54, 1.807) is 21.1 Å². The van der Waals surface area contributed by atoms with Gasteiger partial charge in [-0.3, -0.25) is 4.79 Å². The Labute approximate surface area is 180 Å². The van der Waals surface area contributed by atoms with Gasteiger partial charge in [0.25, 0.3) is 0 Å². The number of hydrogen-bond acceptors (Lipinski definition) is 4. The highest BCUT2D eigenvalue weighted by Gasteiger charge is 2.36. The Kier molecular flexibility index (Phi) is 6.11. The molecule has 0 amide bonds. The molecule has 1 N–H and O–H groups in total. The van der Waals surface area contributed by atoms with Crippen molar-refractivity contribution in [1.82, 2.24) is 0 Å². The van der Waals surface area contributed by atoms with Crippen molar-refractivity contribution in [2.24, 2.45) is 0 Å². The van der Waals surface area contributed by atoms with Crippen LogP contribution >= 0.6 is 22.9 Å². The summed E-state index contributed by atoms with van der Waals surface area (Å²) >= 11 is 8.05. The van der Waals surface area contributed by atoms with Crippen molar-refractivity contribution in [2.75, 3.05) is 14.2 Å². The van der Waals surface area contributed by atoms with Gasteiger partial charge in [0.2, 0.25) is 0 Å². The van der Waals surface area contributed by atoms with Crippen LogP contribution in [0, 0.1) is 0 Å². The average Bonchev–Trinajstić information content (AvgIpc) is 3.10. The number of carboxylic acid groups (broad SMARTS) is 1. The van der Waals surface area contributed by atoms with Gasteiger partial charge in [-0.25, -0.2) is 0 Å². The smallest absolute Gasteiger partial charge is 0.314 e. The van der Waals surface area contributed by atoms with Crippen LogP contribution in [0.25, 0.3) is 10.1 Å². The van der Waals surface area contributed by atoms with Gasteiger partial charge in [0.15, 0.2) is 11.5 Å². The predicted molar refractivity (Wildman–Crippen MR) is 119 cm³/mol. The summed E-state index contributed by atoms with van der Waals surface area (Å²) in [6.45, 7) is 6.01. The zero-order valence-corrected chi connectivity index (χ0v) is 18.8. The quantitative estimate of drug-likeness (QED) is 0.477. The molecule has 0 aliphatic rings. The summed E-state index contributed by atoms with van der Waals surface area (Å²) in [7, 11) is 3.11. The highest BCUT2D eigenvalue weighted by Crippen LogP contribution is 2.45. The van der Waals surface area contributed by atoms with Gasteiger partial charge in [-0.1, -0.05) is 49.7 Å². The van der Waals surface area contributed by atoms with Crippen LogP contribution in [0.5, 0.6) is 11.5 Å². The Bertz CT molecular complexity index is 1040. The van der Waals surface area contributed by atoms with E-state index >= 15 is 0 Å². The van der Waals surface area contributed by atoms with E-state index in [-0.39, 0.29) is 0 Å². The van der Waals surface area contributed by atoms with E-state index in [0.717, 1.165) is 20.5 Å². The summed E-state index contributed by atoms with van der Waals surface area (Å²) in [5.41, 5.74) is 0.930. The molecule has 29 heavy (non-hydrogen) atoms. The molecule has 1 atom stereocenters. The van der Waals surface area contributed by atoms with Gasteiger partial charge in [-0.2, -0.15) is 0 Å². The van der Waals surface area contributed by atoms with Crippen LogP contribution in [-0.4, -0.2) is 25.3 Å². The van der Waals surface area contributed by atoms with Crippen molar-refractivity contribution >= 4 is 39.0 Å². The first-order valence-electron chi connectivity index (χ1n) is 9.38. The van der Waals surface area contributed by atoms with Crippen molar-refractivity contribution in [3.05, 3.63) is 57.4 Å². The molecule has 0 spiro atoms. The summed E-state index contributed by atoms with van der Waals surface area (Å²) < 4.78 is 11.7. The number of methoxy groups -OCH3 is 2. The maximum atomic E-state index is 12.3. The lowest BCUT2D eigenvalue weighted by atomic mass is 9.78. The Balaban J connectivity index is 2.04. The molecule has 1 heterocycles. The molecule has 3 rings (SSSR count). The fourth-order valence-electron chi connectivity index (χ4n) is 3.47. The summed E-state index contributed by atoms with van der Waals surface area (Å²) in [5.74, 6) is 0.586. The van der Waals surface area contributed by atoms with E-state index in [4.69, 9.17) is 21.1 Å². The van der Waals surface area contributed by atoms with Gasteiger partial charge < -0.3 is 14.6 Å². The van der Waals surface area contributed by atoms with Crippen molar-refractivity contribution in [1.29, 1.82) is 0 Å². The van der Waals surface area contributed by atoms with E-state index in [1.165, 1.54) is 16.9 Å². The average molecular weight is 433 g/mol. The standard InChI is InChI=1S/C23H25ClO4S/c1-13(2)14-6-8-15(9-7-14)23(3,22(25)26)12-16-10-17-19(29-16)11-18(27-4)21(28-5)20(17)24/h6-11,13H,12H2,1-5H3,(H,25,26). The topological polar surface area (TPSA) is 55.8 Å². The molecule has 1 aromatic heterocycles. The Morgan fingerprint density at radius 3 is 2.34 bits per heavy atom. The van der Waals surface area contributed by atoms with Crippen molar-refractivity contribution < 1.29 is 19.4 Å². The SMILES string of the molecule is COc1cc2sc(CC(C)(C(=O)O)c3ccc(C(C)C)cc3)cc2c(Cl)c1OC. The van der Waals surface area contributed by atoms with Crippen LogP contribution < -0.4 is 9.47 Å². The Hall–Kier alpha value is -2.24. The molecule has 0 saturated carbocycles. The van der Waals surface area contributed by atoms with Gasteiger partial charge in [-0.05, 0) is 30.0 Å². The van der Waals surface area contributed by atoms with Gasteiger partial charge in [0, 0.05) is 27.5 Å². The summed E-state index contributed by atoms with van der Waals surface area (Å²) in [6, 6.07) is 11.7. The first-order valence-corrected chi connectivity index (χ1v) is 10.6. The third-order valence-corrected chi connectivity index (χ3v) is 6.83. The highest BCUT2D eigenvalue weighted by atomic mass is 35.5. The second-order valence-electron chi connectivity index (χ2n) is 7.64. The summed E-state index contributed by atoms with van der Waals surface area (Å²) in [6.07, 6.45) is 0.365. The molecule has 154 valence electrons. The van der Waals surface area contributed by atoms with Crippen molar-refractivity contribution in [2.45, 2.75) is 38.5 Å². The lowest BCUT2D eigenvalue weighted by Crippen LogP contribution is -2.34. The first kappa shape index (κ1) is 21.5. The van der Waals surface area contributed by atoms with Crippen molar-refractivity contribution in [3.63, 3.8) is 0 Å². The van der Waals surface area contributed by atoms with Crippen molar-refractivity contribution in [3.8, 4) is 11.5 Å². The number of hydrogen-bond donors (Lipinski definition) is 1. The zero-order valence-electron chi connectivity index (χ0n) is 17.2. The van der Waals surface area contributed by atoms with Crippen LogP contribution in [0.4, 0.5) is 0 Å². The molecule has 3 aromatic rings. The molecule has 0 bridgehead atoms. The zero-order chi connectivity index (χ0) is 21.3. The monoisotopic (exact) mass is 432 g/mol. The van der Waals surface area contributed by atoms with Gasteiger partial charge in [0.05, 0.1) is 24.7 Å². The van der Waals surface area contributed by atoms with E-state index in [9.17, 15) is 9.90 Å². The van der Waals surface area contributed by atoms with E-state index in [0.29, 0.717) is 28.9 Å². The number of fused-ring (bicyclic) bond motifs is 1. The number of halogens is 1. The Morgan fingerprint density at radius 2 is 1.83 bits per heavy atom. The molecule has 1 unspecified atom stereocenters. The predicted octanol–water partition coefficient (Wildman–Crippen LogP) is 6.28. The van der Waals surface area contributed by atoms with Gasteiger partial charge in [0.1, 0.15) is 0 Å². The third kappa shape index (κ3) is 3.94. The van der Waals surface area contributed by atoms with Crippen LogP contribution in [-0.2, 0) is 16.6 Å². The van der Waals surface area contributed by atoms with E-state index in [1.807, 2.05) is 36.4 Å². The largest absolute Gasteiger partial charge is 0.493 e. The molecule has 0 saturated heterocycles. The molecule has 2 aromatic carbocycles. The fourth-order valence-corrected chi connectivity index (χ4v) is 5.11. The minimum Gasteiger partial charge on any atom is -0.493 e.